The molecular formula is C15H31N3. The molecule has 2 aliphatic rings. The van der Waals surface area contributed by atoms with Crippen LogP contribution in [0.25, 0.3) is 0 Å². The zero-order valence-electron chi connectivity index (χ0n) is 11.9. The lowest BCUT2D eigenvalue weighted by Crippen LogP contribution is -2.38. The third-order valence-corrected chi connectivity index (χ3v) is 4.58. The Balaban J connectivity index is 1.52. The van der Waals surface area contributed by atoms with Crippen molar-refractivity contribution in [2.75, 3.05) is 45.8 Å². The van der Waals surface area contributed by atoms with Gasteiger partial charge in [-0.3, -0.25) is 0 Å². The van der Waals surface area contributed by atoms with Crippen molar-refractivity contribution in [1.82, 2.24) is 9.80 Å². The van der Waals surface area contributed by atoms with E-state index in [2.05, 4.69) is 9.80 Å². The third-order valence-electron chi connectivity index (χ3n) is 4.58. The van der Waals surface area contributed by atoms with Crippen LogP contribution in [-0.2, 0) is 0 Å². The van der Waals surface area contributed by atoms with E-state index in [0.29, 0.717) is 0 Å². The molecule has 2 heterocycles. The molecule has 2 saturated heterocycles. The molecule has 0 aromatic heterocycles. The van der Waals surface area contributed by atoms with Gasteiger partial charge in [-0.15, -0.1) is 0 Å². The van der Waals surface area contributed by atoms with Gasteiger partial charge in [-0.2, -0.15) is 0 Å². The highest BCUT2D eigenvalue weighted by Gasteiger charge is 2.19. The maximum atomic E-state index is 5.65. The van der Waals surface area contributed by atoms with E-state index < -0.39 is 0 Å². The van der Waals surface area contributed by atoms with Gasteiger partial charge in [0, 0.05) is 19.6 Å². The largest absolute Gasteiger partial charge is 0.329 e. The normalized spacial score (nSPS) is 26.8. The highest BCUT2D eigenvalue weighted by Crippen LogP contribution is 2.21. The van der Waals surface area contributed by atoms with Gasteiger partial charge in [-0.25, -0.2) is 0 Å². The summed E-state index contributed by atoms with van der Waals surface area (Å²) in [4.78, 5) is 5.20. The van der Waals surface area contributed by atoms with Crippen LogP contribution in [0.3, 0.4) is 0 Å². The summed E-state index contributed by atoms with van der Waals surface area (Å²) in [5, 5.41) is 0. The highest BCUT2D eigenvalue weighted by molar-refractivity contribution is 4.73. The number of unbranched alkanes of at least 4 members (excludes halogenated alkanes) is 1. The molecule has 0 amide bonds. The van der Waals surface area contributed by atoms with Crippen LogP contribution < -0.4 is 5.73 Å². The molecule has 0 aromatic rings. The zero-order chi connectivity index (χ0) is 12.6. The molecule has 2 fully saturated rings. The van der Waals surface area contributed by atoms with Crippen molar-refractivity contribution in [3.05, 3.63) is 0 Å². The second-order valence-corrected chi connectivity index (χ2v) is 6.14. The third kappa shape index (κ3) is 4.87. The highest BCUT2D eigenvalue weighted by atomic mass is 15.1. The van der Waals surface area contributed by atoms with Crippen molar-refractivity contribution < 1.29 is 0 Å². The Hall–Kier alpha value is -0.120. The molecule has 0 spiro atoms. The Bertz CT molecular complexity index is 212. The van der Waals surface area contributed by atoms with Crippen LogP contribution in [0.5, 0.6) is 0 Å². The van der Waals surface area contributed by atoms with Gasteiger partial charge >= 0.3 is 0 Å². The first kappa shape index (κ1) is 14.3. The second-order valence-electron chi connectivity index (χ2n) is 6.14. The van der Waals surface area contributed by atoms with Crippen LogP contribution in [-0.4, -0.2) is 55.6 Å². The summed E-state index contributed by atoms with van der Waals surface area (Å²) in [5.74, 6) is 0.948. The molecule has 0 bridgehead atoms. The van der Waals surface area contributed by atoms with Gasteiger partial charge in [-0.1, -0.05) is 6.42 Å². The van der Waals surface area contributed by atoms with Crippen molar-refractivity contribution in [2.45, 2.75) is 44.9 Å². The minimum atomic E-state index is 0.821. The van der Waals surface area contributed by atoms with Gasteiger partial charge in [0.25, 0.3) is 0 Å². The lowest BCUT2D eigenvalue weighted by molar-refractivity contribution is 0.169. The van der Waals surface area contributed by atoms with E-state index in [4.69, 9.17) is 5.73 Å². The quantitative estimate of drug-likeness (QED) is 0.704. The summed E-state index contributed by atoms with van der Waals surface area (Å²) in [6, 6.07) is 0. The summed E-state index contributed by atoms with van der Waals surface area (Å²) in [5.41, 5.74) is 5.65. The van der Waals surface area contributed by atoms with E-state index in [0.717, 1.165) is 19.0 Å². The molecule has 2 N–H and O–H groups in total. The fourth-order valence-electron chi connectivity index (χ4n) is 3.55. The molecule has 1 unspecified atom stereocenters. The molecule has 3 nitrogen and oxygen atoms in total. The maximum absolute atomic E-state index is 5.65. The molecule has 3 heteroatoms. The summed E-state index contributed by atoms with van der Waals surface area (Å²) in [6.07, 6.45) is 9.97. The van der Waals surface area contributed by atoms with Crippen LogP contribution in [0.1, 0.15) is 44.9 Å². The summed E-state index contributed by atoms with van der Waals surface area (Å²) in [7, 11) is 0. The predicted molar refractivity (Wildman–Crippen MR) is 77.7 cm³/mol. The number of nitrogens with zero attached hydrogens (tertiary/aromatic N) is 2. The summed E-state index contributed by atoms with van der Waals surface area (Å²) >= 11 is 0. The van der Waals surface area contributed by atoms with Crippen molar-refractivity contribution in [1.29, 1.82) is 0 Å². The van der Waals surface area contributed by atoms with E-state index in [-0.39, 0.29) is 0 Å². The van der Waals surface area contributed by atoms with E-state index in [9.17, 15) is 0 Å². The lowest BCUT2D eigenvalue weighted by Gasteiger charge is -2.32. The van der Waals surface area contributed by atoms with Crippen LogP contribution in [0, 0.1) is 5.92 Å². The molecule has 2 rings (SSSR count). The number of hydrogen-bond donors (Lipinski definition) is 1. The monoisotopic (exact) mass is 253 g/mol. The average Bonchev–Trinajstić information content (AvgIpc) is 2.89. The Morgan fingerprint density at radius 1 is 0.889 bits per heavy atom. The van der Waals surface area contributed by atoms with Gasteiger partial charge < -0.3 is 15.5 Å². The minimum Gasteiger partial charge on any atom is -0.329 e. The predicted octanol–water partition coefficient (Wildman–Crippen LogP) is 1.92. The Morgan fingerprint density at radius 2 is 1.67 bits per heavy atom. The van der Waals surface area contributed by atoms with Crippen molar-refractivity contribution >= 4 is 0 Å². The van der Waals surface area contributed by atoms with E-state index in [1.165, 1.54) is 77.7 Å². The fraction of sp³-hybridized carbons (Fsp3) is 1.00. The Labute approximate surface area is 113 Å². The molecule has 0 radical (unpaired) electrons. The number of rotatable bonds is 7. The fourth-order valence-corrected chi connectivity index (χ4v) is 3.55. The Morgan fingerprint density at radius 3 is 2.44 bits per heavy atom. The van der Waals surface area contributed by atoms with Crippen LogP contribution >= 0.6 is 0 Å². The van der Waals surface area contributed by atoms with Gasteiger partial charge in [-0.05, 0) is 70.6 Å². The molecule has 2 aliphatic heterocycles. The zero-order valence-corrected chi connectivity index (χ0v) is 11.9. The maximum Gasteiger partial charge on any atom is 0.0105 e. The first-order chi connectivity index (χ1) is 8.88. The first-order valence-electron chi connectivity index (χ1n) is 8.03. The van der Waals surface area contributed by atoms with Crippen molar-refractivity contribution in [3.8, 4) is 0 Å². The van der Waals surface area contributed by atoms with E-state index >= 15 is 0 Å². The number of piperidine rings is 1. The van der Waals surface area contributed by atoms with Crippen molar-refractivity contribution in [2.24, 2.45) is 11.7 Å². The smallest absolute Gasteiger partial charge is 0.0105 e. The van der Waals surface area contributed by atoms with E-state index in [1.807, 2.05) is 0 Å². The molecule has 0 aromatic carbocycles. The SMILES string of the molecule is NCCN1CCCC(CCCCN2CCCC2)C1. The topological polar surface area (TPSA) is 32.5 Å². The van der Waals surface area contributed by atoms with Gasteiger partial charge in [0.2, 0.25) is 0 Å². The molecule has 1 atom stereocenters. The van der Waals surface area contributed by atoms with Gasteiger partial charge in [0.05, 0.1) is 0 Å². The average molecular weight is 253 g/mol. The number of likely N-dealkylation sites (tertiary alicyclic amines) is 2. The molecule has 0 aliphatic carbocycles. The second kappa shape index (κ2) is 8.13. The molecule has 0 saturated carbocycles. The molecular weight excluding hydrogens is 222 g/mol. The van der Waals surface area contributed by atoms with Gasteiger partial charge in [0.15, 0.2) is 0 Å². The summed E-state index contributed by atoms with van der Waals surface area (Å²) in [6.45, 7) is 8.56. The summed E-state index contributed by atoms with van der Waals surface area (Å²) < 4.78 is 0. The number of hydrogen-bond acceptors (Lipinski definition) is 3. The standard InChI is InChI=1S/C15H31N3/c16-8-13-18-12-5-7-15(14-18)6-1-2-9-17-10-3-4-11-17/h15H,1-14,16H2. The number of nitrogens with two attached hydrogens (primary N) is 1. The Kier molecular flexibility index (Phi) is 6.46. The van der Waals surface area contributed by atoms with E-state index in [1.54, 1.807) is 0 Å². The van der Waals surface area contributed by atoms with Crippen LogP contribution in [0.4, 0.5) is 0 Å². The van der Waals surface area contributed by atoms with Crippen LogP contribution in [0.15, 0.2) is 0 Å². The molecule has 18 heavy (non-hydrogen) atoms. The van der Waals surface area contributed by atoms with Crippen LogP contribution in [0.2, 0.25) is 0 Å². The van der Waals surface area contributed by atoms with Crippen molar-refractivity contribution in [3.63, 3.8) is 0 Å². The minimum absolute atomic E-state index is 0.821. The molecule has 106 valence electrons. The van der Waals surface area contributed by atoms with Gasteiger partial charge in [0.1, 0.15) is 0 Å². The lowest BCUT2D eigenvalue weighted by atomic mass is 9.92. The first-order valence-corrected chi connectivity index (χ1v) is 8.03.